The third-order valence-electron chi connectivity index (χ3n) is 4.05. The van der Waals surface area contributed by atoms with E-state index in [-0.39, 0.29) is 5.92 Å². The van der Waals surface area contributed by atoms with Gasteiger partial charge in [0.2, 0.25) is 21.7 Å². The summed E-state index contributed by atoms with van der Waals surface area (Å²) in [5, 5.41) is 3.98. The number of hydrogen-bond acceptors (Lipinski definition) is 5. The van der Waals surface area contributed by atoms with E-state index in [0.717, 1.165) is 5.56 Å². The minimum Gasteiger partial charge on any atom is -0.339 e. The largest absolute Gasteiger partial charge is 0.339 e. The summed E-state index contributed by atoms with van der Waals surface area (Å²) in [4.78, 5) is 4.70. The SMILES string of the molecule is O=S(=O)(c1ccccc1)N1CC(c2nc(-c3ccccc3)no2)C1. The summed E-state index contributed by atoms with van der Waals surface area (Å²) < 4.78 is 31.7. The molecule has 4 rings (SSSR count). The maximum absolute atomic E-state index is 12.5. The lowest BCUT2D eigenvalue weighted by atomic mass is 10.0. The summed E-state index contributed by atoms with van der Waals surface area (Å²) >= 11 is 0. The van der Waals surface area contributed by atoms with Crippen LogP contribution in [-0.2, 0) is 10.0 Å². The van der Waals surface area contributed by atoms with E-state index in [1.165, 1.54) is 4.31 Å². The van der Waals surface area contributed by atoms with Gasteiger partial charge in [0.1, 0.15) is 0 Å². The van der Waals surface area contributed by atoms with Crippen molar-refractivity contribution >= 4 is 10.0 Å². The van der Waals surface area contributed by atoms with E-state index in [2.05, 4.69) is 10.1 Å². The fourth-order valence-corrected chi connectivity index (χ4v) is 4.19. The Morgan fingerprint density at radius 1 is 0.958 bits per heavy atom. The van der Waals surface area contributed by atoms with Crippen LogP contribution in [0.2, 0.25) is 0 Å². The van der Waals surface area contributed by atoms with Gasteiger partial charge in [0.25, 0.3) is 0 Å². The summed E-state index contributed by atoms with van der Waals surface area (Å²) in [6, 6.07) is 18.0. The van der Waals surface area contributed by atoms with Gasteiger partial charge in [0.15, 0.2) is 0 Å². The first-order valence-electron chi connectivity index (χ1n) is 7.59. The number of hydrogen-bond donors (Lipinski definition) is 0. The first-order chi connectivity index (χ1) is 11.6. The van der Waals surface area contributed by atoms with Gasteiger partial charge in [-0.2, -0.15) is 9.29 Å². The first-order valence-corrected chi connectivity index (χ1v) is 9.03. The smallest absolute Gasteiger partial charge is 0.243 e. The summed E-state index contributed by atoms with van der Waals surface area (Å²) in [7, 11) is -3.45. The Hall–Kier alpha value is -2.51. The number of aromatic nitrogens is 2. The molecule has 0 atom stereocenters. The van der Waals surface area contributed by atoms with Gasteiger partial charge in [-0.15, -0.1) is 0 Å². The minimum atomic E-state index is -3.45. The van der Waals surface area contributed by atoms with Gasteiger partial charge in [-0.3, -0.25) is 0 Å². The second-order valence-corrected chi connectivity index (χ2v) is 7.59. The first kappa shape index (κ1) is 15.0. The second kappa shape index (κ2) is 5.85. The van der Waals surface area contributed by atoms with Gasteiger partial charge in [0, 0.05) is 18.7 Å². The molecule has 1 saturated heterocycles. The molecule has 2 heterocycles. The Morgan fingerprint density at radius 3 is 2.25 bits per heavy atom. The molecule has 0 spiro atoms. The van der Waals surface area contributed by atoms with Crippen LogP contribution in [0.25, 0.3) is 11.4 Å². The highest BCUT2D eigenvalue weighted by molar-refractivity contribution is 7.89. The van der Waals surface area contributed by atoms with Gasteiger partial charge in [-0.25, -0.2) is 8.42 Å². The average Bonchev–Trinajstić information content (AvgIpc) is 3.04. The molecule has 122 valence electrons. The third-order valence-corrected chi connectivity index (χ3v) is 5.90. The molecule has 24 heavy (non-hydrogen) atoms. The van der Waals surface area contributed by atoms with Crippen molar-refractivity contribution in [3.63, 3.8) is 0 Å². The van der Waals surface area contributed by atoms with E-state index < -0.39 is 10.0 Å². The average molecular weight is 341 g/mol. The highest BCUT2D eigenvalue weighted by Crippen LogP contribution is 2.31. The van der Waals surface area contributed by atoms with Crippen molar-refractivity contribution in [1.29, 1.82) is 0 Å². The van der Waals surface area contributed by atoms with E-state index in [1.807, 2.05) is 30.3 Å². The van der Waals surface area contributed by atoms with Gasteiger partial charge in [0.05, 0.1) is 10.8 Å². The zero-order valence-electron chi connectivity index (χ0n) is 12.7. The van der Waals surface area contributed by atoms with Crippen LogP contribution in [0.3, 0.4) is 0 Å². The lowest BCUT2D eigenvalue weighted by Gasteiger charge is -2.35. The van der Waals surface area contributed by atoms with Crippen LogP contribution in [0.1, 0.15) is 11.8 Å². The van der Waals surface area contributed by atoms with Crippen LogP contribution in [-0.4, -0.2) is 36.0 Å². The van der Waals surface area contributed by atoms with Crippen LogP contribution in [0.4, 0.5) is 0 Å². The highest BCUT2D eigenvalue weighted by Gasteiger charge is 2.40. The molecular formula is C17H15N3O3S. The highest BCUT2D eigenvalue weighted by atomic mass is 32.2. The van der Waals surface area contributed by atoms with Gasteiger partial charge < -0.3 is 4.52 Å². The molecule has 0 bridgehead atoms. The Labute approximate surface area is 139 Å². The van der Waals surface area contributed by atoms with Crippen LogP contribution < -0.4 is 0 Å². The third kappa shape index (κ3) is 2.61. The van der Waals surface area contributed by atoms with Crippen molar-refractivity contribution < 1.29 is 12.9 Å². The quantitative estimate of drug-likeness (QED) is 0.729. The van der Waals surface area contributed by atoms with Crippen molar-refractivity contribution in [2.75, 3.05) is 13.1 Å². The molecule has 0 amide bonds. The van der Waals surface area contributed by atoms with Crippen molar-refractivity contribution in [3.8, 4) is 11.4 Å². The molecule has 0 aliphatic carbocycles. The van der Waals surface area contributed by atoms with Crippen LogP contribution in [0, 0.1) is 0 Å². The summed E-state index contributed by atoms with van der Waals surface area (Å²) in [6.07, 6.45) is 0. The molecule has 7 heteroatoms. The van der Waals surface area contributed by atoms with Crippen molar-refractivity contribution in [1.82, 2.24) is 14.4 Å². The Bertz CT molecular complexity index is 933. The number of nitrogens with zero attached hydrogens (tertiary/aromatic N) is 3. The molecule has 0 unspecified atom stereocenters. The van der Waals surface area contributed by atoms with Gasteiger partial charge >= 0.3 is 0 Å². The molecule has 0 radical (unpaired) electrons. The van der Waals surface area contributed by atoms with Crippen molar-refractivity contribution in [2.45, 2.75) is 10.8 Å². The molecule has 0 saturated carbocycles. The second-order valence-electron chi connectivity index (χ2n) is 5.65. The molecule has 1 fully saturated rings. The number of sulfonamides is 1. The Kier molecular flexibility index (Phi) is 3.66. The van der Waals surface area contributed by atoms with Gasteiger partial charge in [-0.1, -0.05) is 53.7 Å². The standard InChI is InChI=1S/C17H15N3O3S/c21-24(22,15-9-5-2-6-10-15)20-11-14(12-20)17-18-16(19-23-17)13-7-3-1-4-8-13/h1-10,14H,11-12H2. The van der Waals surface area contributed by atoms with E-state index in [0.29, 0.717) is 29.7 Å². The lowest BCUT2D eigenvalue weighted by Crippen LogP contribution is -2.48. The molecule has 1 aliphatic heterocycles. The molecule has 3 aromatic rings. The fourth-order valence-electron chi connectivity index (χ4n) is 2.64. The molecule has 1 aromatic heterocycles. The fraction of sp³-hybridized carbons (Fsp3) is 0.176. The predicted molar refractivity (Wildman–Crippen MR) is 87.7 cm³/mol. The summed E-state index contributed by atoms with van der Waals surface area (Å²) in [5.41, 5.74) is 0.876. The normalized spacial score (nSPS) is 16.0. The van der Waals surface area contributed by atoms with Crippen molar-refractivity contribution in [2.24, 2.45) is 0 Å². The summed E-state index contributed by atoms with van der Waals surface area (Å²) in [5.74, 6) is 0.941. The monoisotopic (exact) mass is 341 g/mol. The predicted octanol–water partition coefficient (Wildman–Crippen LogP) is 2.52. The lowest BCUT2D eigenvalue weighted by molar-refractivity contribution is 0.217. The van der Waals surface area contributed by atoms with Crippen LogP contribution >= 0.6 is 0 Å². The number of benzene rings is 2. The van der Waals surface area contributed by atoms with E-state index in [4.69, 9.17) is 4.52 Å². The topological polar surface area (TPSA) is 76.3 Å². The zero-order valence-corrected chi connectivity index (χ0v) is 13.6. The molecule has 0 N–H and O–H groups in total. The molecule has 6 nitrogen and oxygen atoms in total. The van der Waals surface area contributed by atoms with Gasteiger partial charge in [-0.05, 0) is 12.1 Å². The minimum absolute atomic E-state index is 0.0616. The Morgan fingerprint density at radius 2 is 1.58 bits per heavy atom. The molecular weight excluding hydrogens is 326 g/mol. The van der Waals surface area contributed by atoms with E-state index in [9.17, 15) is 8.42 Å². The molecule has 2 aromatic carbocycles. The number of rotatable bonds is 4. The summed E-state index contributed by atoms with van der Waals surface area (Å²) in [6.45, 7) is 0.710. The maximum Gasteiger partial charge on any atom is 0.243 e. The Balaban J connectivity index is 1.48. The maximum atomic E-state index is 12.5. The van der Waals surface area contributed by atoms with E-state index >= 15 is 0 Å². The van der Waals surface area contributed by atoms with Crippen molar-refractivity contribution in [3.05, 3.63) is 66.6 Å². The zero-order chi connectivity index (χ0) is 16.6. The van der Waals surface area contributed by atoms with Crippen LogP contribution in [0.5, 0.6) is 0 Å². The van der Waals surface area contributed by atoms with E-state index in [1.54, 1.807) is 30.3 Å². The van der Waals surface area contributed by atoms with Crippen LogP contribution in [0.15, 0.2) is 70.1 Å². The molecule has 1 aliphatic rings.